The van der Waals surface area contributed by atoms with Crippen LogP contribution >= 0.6 is 0 Å². The molecule has 6 heteroatoms. The summed E-state index contributed by atoms with van der Waals surface area (Å²) >= 11 is 0. The smallest absolute Gasteiger partial charge is 0.337 e. The minimum absolute atomic E-state index is 0.0535. The van der Waals surface area contributed by atoms with Crippen LogP contribution < -0.4 is 15.8 Å². The third-order valence-electron chi connectivity index (χ3n) is 2.52. The fourth-order valence-electron chi connectivity index (χ4n) is 1.51. The van der Waals surface area contributed by atoms with Gasteiger partial charge in [-0.1, -0.05) is 0 Å². The SMILES string of the molecule is COc1ccc(Nc2ncc(C(=O)O)cc2N)cc1. The van der Waals surface area contributed by atoms with Gasteiger partial charge < -0.3 is 20.9 Å². The topological polar surface area (TPSA) is 97.5 Å². The normalized spacial score (nSPS) is 9.95. The Morgan fingerprint density at radius 1 is 1.37 bits per heavy atom. The van der Waals surface area contributed by atoms with Crippen molar-refractivity contribution >= 4 is 23.2 Å². The van der Waals surface area contributed by atoms with Gasteiger partial charge in [0.15, 0.2) is 5.82 Å². The van der Waals surface area contributed by atoms with E-state index < -0.39 is 5.97 Å². The van der Waals surface area contributed by atoms with Crippen molar-refractivity contribution in [1.29, 1.82) is 0 Å². The van der Waals surface area contributed by atoms with E-state index in [1.54, 1.807) is 19.2 Å². The van der Waals surface area contributed by atoms with Crippen LogP contribution in [0.25, 0.3) is 0 Å². The summed E-state index contributed by atoms with van der Waals surface area (Å²) < 4.78 is 5.05. The van der Waals surface area contributed by atoms with Crippen LogP contribution in [0.15, 0.2) is 36.5 Å². The molecule has 0 saturated heterocycles. The number of carboxylic acids is 1. The molecule has 0 bridgehead atoms. The zero-order valence-corrected chi connectivity index (χ0v) is 10.3. The number of aromatic carboxylic acids is 1. The van der Waals surface area contributed by atoms with Crippen molar-refractivity contribution in [3.8, 4) is 5.75 Å². The molecule has 0 aliphatic carbocycles. The largest absolute Gasteiger partial charge is 0.497 e. The van der Waals surface area contributed by atoms with Gasteiger partial charge in [-0.2, -0.15) is 0 Å². The standard InChI is InChI=1S/C13H13N3O3/c1-19-10-4-2-9(3-5-10)16-12-11(14)6-8(7-15-12)13(17)18/h2-7H,14H2,1H3,(H,15,16)(H,17,18). The number of nitrogens with two attached hydrogens (primary N) is 1. The highest BCUT2D eigenvalue weighted by Crippen LogP contribution is 2.23. The number of rotatable bonds is 4. The van der Waals surface area contributed by atoms with E-state index in [0.29, 0.717) is 5.82 Å². The molecule has 0 spiro atoms. The van der Waals surface area contributed by atoms with Crippen molar-refractivity contribution in [1.82, 2.24) is 4.98 Å². The van der Waals surface area contributed by atoms with Gasteiger partial charge >= 0.3 is 5.97 Å². The Hall–Kier alpha value is -2.76. The quantitative estimate of drug-likeness (QED) is 0.778. The first kappa shape index (κ1) is 12.7. The van der Waals surface area contributed by atoms with Crippen LogP contribution in [0.4, 0.5) is 17.2 Å². The maximum Gasteiger partial charge on any atom is 0.337 e. The van der Waals surface area contributed by atoms with E-state index in [2.05, 4.69) is 10.3 Å². The second-order valence-corrected chi connectivity index (χ2v) is 3.82. The summed E-state index contributed by atoms with van der Waals surface area (Å²) in [5.41, 5.74) is 6.86. The van der Waals surface area contributed by atoms with Crippen molar-refractivity contribution in [2.75, 3.05) is 18.2 Å². The molecule has 1 heterocycles. The van der Waals surface area contributed by atoms with Crippen molar-refractivity contribution in [2.24, 2.45) is 0 Å². The number of carboxylic acid groups (broad SMARTS) is 1. The molecule has 2 rings (SSSR count). The van der Waals surface area contributed by atoms with E-state index in [1.807, 2.05) is 12.1 Å². The van der Waals surface area contributed by atoms with Gasteiger partial charge in [0.05, 0.1) is 18.4 Å². The van der Waals surface area contributed by atoms with E-state index >= 15 is 0 Å². The lowest BCUT2D eigenvalue weighted by atomic mass is 10.2. The molecule has 0 saturated carbocycles. The first-order valence-electron chi connectivity index (χ1n) is 5.50. The Morgan fingerprint density at radius 2 is 2.05 bits per heavy atom. The molecule has 1 aromatic carbocycles. The number of nitrogens with zero attached hydrogens (tertiary/aromatic N) is 1. The average molecular weight is 259 g/mol. The summed E-state index contributed by atoms with van der Waals surface area (Å²) in [6.07, 6.45) is 1.25. The molecule has 6 nitrogen and oxygen atoms in total. The molecule has 0 aliphatic heterocycles. The molecule has 19 heavy (non-hydrogen) atoms. The molecular formula is C13H13N3O3. The summed E-state index contributed by atoms with van der Waals surface area (Å²) in [6.45, 7) is 0. The van der Waals surface area contributed by atoms with Gasteiger partial charge in [-0.25, -0.2) is 9.78 Å². The lowest BCUT2D eigenvalue weighted by Gasteiger charge is -2.09. The van der Waals surface area contributed by atoms with Crippen molar-refractivity contribution in [3.63, 3.8) is 0 Å². The van der Waals surface area contributed by atoms with Crippen LogP contribution in [-0.2, 0) is 0 Å². The van der Waals surface area contributed by atoms with Crippen LogP contribution in [0.5, 0.6) is 5.75 Å². The number of nitrogen functional groups attached to an aromatic ring is 1. The molecule has 0 fully saturated rings. The summed E-state index contributed by atoms with van der Waals surface area (Å²) in [5.74, 6) is 0.0954. The minimum atomic E-state index is -1.06. The second-order valence-electron chi connectivity index (χ2n) is 3.82. The number of hydrogen-bond acceptors (Lipinski definition) is 5. The Bertz CT molecular complexity index is 597. The van der Waals surface area contributed by atoms with Crippen LogP contribution in [0.1, 0.15) is 10.4 Å². The first-order valence-corrected chi connectivity index (χ1v) is 5.50. The van der Waals surface area contributed by atoms with Crippen LogP contribution in [-0.4, -0.2) is 23.2 Å². The van der Waals surface area contributed by atoms with Gasteiger partial charge in [0, 0.05) is 11.9 Å². The van der Waals surface area contributed by atoms with Crippen LogP contribution in [0.3, 0.4) is 0 Å². The van der Waals surface area contributed by atoms with Crippen LogP contribution in [0.2, 0.25) is 0 Å². The maximum atomic E-state index is 10.8. The lowest BCUT2D eigenvalue weighted by molar-refractivity contribution is 0.0696. The number of carbonyl (C=O) groups is 1. The third-order valence-corrected chi connectivity index (χ3v) is 2.52. The highest BCUT2D eigenvalue weighted by Gasteiger charge is 2.07. The predicted octanol–water partition coefficient (Wildman–Crippen LogP) is 2.11. The first-order chi connectivity index (χ1) is 9.10. The Kier molecular flexibility index (Phi) is 3.51. The Balaban J connectivity index is 2.20. The van der Waals surface area contributed by atoms with Crippen molar-refractivity contribution < 1.29 is 14.6 Å². The van der Waals surface area contributed by atoms with E-state index in [0.717, 1.165) is 11.4 Å². The fraction of sp³-hybridized carbons (Fsp3) is 0.0769. The fourth-order valence-corrected chi connectivity index (χ4v) is 1.51. The Morgan fingerprint density at radius 3 is 2.58 bits per heavy atom. The van der Waals surface area contributed by atoms with Gasteiger partial charge in [0.25, 0.3) is 0 Å². The van der Waals surface area contributed by atoms with Gasteiger partial charge in [0.1, 0.15) is 5.75 Å². The van der Waals surface area contributed by atoms with Gasteiger partial charge in [0.2, 0.25) is 0 Å². The molecular weight excluding hydrogens is 246 g/mol. The number of methoxy groups -OCH3 is 1. The van der Waals surface area contributed by atoms with E-state index in [-0.39, 0.29) is 11.3 Å². The monoisotopic (exact) mass is 259 g/mol. The molecule has 0 atom stereocenters. The highest BCUT2D eigenvalue weighted by atomic mass is 16.5. The summed E-state index contributed by atoms with van der Waals surface area (Å²) in [7, 11) is 1.59. The average Bonchev–Trinajstić information content (AvgIpc) is 2.41. The molecule has 0 aliphatic rings. The molecule has 0 unspecified atom stereocenters. The number of benzene rings is 1. The number of ether oxygens (including phenoxy) is 1. The number of aromatic nitrogens is 1. The minimum Gasteiger partial charge on any atom is -0.497 e. The molecule has 2 aromatic rings. The zero-order valence-electron chi connectivity index (χ0n) is 10.3. The van der Waals surface area contributed by atoms with E-state index in [4.69, 9.17) is 15.6 Å². The highest BCUT2D eigenvalue weighted by molar-refractivity contribution is 5.89. The molecule has 98 valence electrons. The number of pyridine rings is 1. The summed E-state index contributed by atoms with van der Waals surface area (Å²) in [6, 6.07) is 8.57. The number of anilines is 3. The van der Waals surface area contributed by atoms with Gasteiger partial charge in [-0.05, 0) is 30.3 Å². The van der Waals surface area contributed by atoms with Gasteiger partial charge in [-0.3, -0.25) is 0 Å². The van der Waals surface area contributed by atoms with Crippen LogP contribution in [0, 0.1) is 0 Å². The van der Waals surface area contributed by atoms with Crippen molar-refractivity contribution in [3.05, 3.63) is 42.1 Å². The third kappa shape index (κ3) is 2.92. The summed E-state index contributed by atoms with van der Waals surface area (Å²) in [4.78, 5) is 14.8. The zero-order chi connectivity index (χ0) is 13.8. The predicted molar refractivity (Wildman–Crippen MR) is 71.9 cm³/mol. The molecule has 1 aromatic heterocycles. The lowest BCUT2D eigenvalue weighted by Crippen LogP contribution is -2.03. The maximum absolute atomic E-state index is 10.8. The molecule has 4 N–H and O–H groups in total. The summed E-state index contributed by atoms with van der Waals surface area (Å²) in [5, 5.41) is 11.8. The van der Waals surface area contributed by atoms with E-state index in [1.165, 1.54) is 12.3 Å². The van der Waals surface area contributed by atoms with Gasteiger partial charge in [-0.15, -0.1) is 0 Å². The molecule has 0 radical (unpaired) electrons. The number of hydrogen-bond donors (Lipinski definition) is 3. The molecule has 0 amide bonds. The van der Waals surface area contributed by atoms with E-state index in [9.17, 15) is 4.79 Å². The van der Waals surface area contributed by atoms with Crippen molar-refractivity contribution in [2.45, 2.75) is 0 Å². The number of nitrogens with one attached hydrogen (secondary N) is 1. The Labute approximate surface area is 109 Å². The second kappa shape index (κ2) is 5.26.